The Bertz CT molecular complexity index is 479. The SMILES string of the molecule is CCNCc1nnc(Cc2ccccc2C)o1. The molecule has 0 aliphatic heterocycles. The zero-order valence-corrected chi connectivity index (χ0v) is 10.2. The third-order valence-corrected chi connectivity index (χ3v) is 2.64. The van der Waals surface area contributed by atoms with Crippen molar-refractivity contribution in [3.05, 3.63) is 47.2 Å². The predicted octanol–water partition coefficient (Wildman–Crippen LogP) is 2.08. The summed E-state index contributed by atoms with van der Waals surface area (Å²) in [5, 5.41) is 11.2. The van der Waals surface area contributed by atoms with Crippen LogP contribution in [0.15, 0.2) is 28.7 Å². The summed E-state index contributed by atoms with van der Waals surface area (Å²) in [4.78, 5) is 0. The van der Waals surface area contributed by atoms with Crippen molar-refractivity contribution in [3.8, 4) is 0 Å². The molecule has 0 saturated heterocycles. The van der Waals surface area contributed by atoms with Gasteiger partial charge in [-0.1, -0.05) is 31.2 Å². The maximum atomic E-state index is 5.56. The Morgan fingerprint density at radius 2 is 1.94 bits per heavy atom. The number of benzene rings is 1. The van der Waals surface area contributed by atoms with Crippen LogP contribution in [0.1, 0.15) is 29.8 Å². The largest absolute Gasteiger partial charge is 0.424 e. The molecule has 17 heavy (non-hydrogen) atoms. The highest BCUT2D eigenvalue weighted by atomic mass is 16.4. The van der Waals surface area contributed by atoms with Gasteiger partial charge in [0.05, 0.1) is 13.0 Å². The van der Waals surface area contributed by atoms with Crippen LogP contribution in [0.3, 0.4) is 0 Å². The molecule has 0 unspecified atom stereocenters. The number of hydrogen-bond acceptors (Lipinski definition) is 4. The van der Waals surface area contributed by atoms with Crippen LogP contribution in [0.5, 0.6) is 0 Å². The summed E-state index contributed by atoms with van der Waals surface area (Å²) in [6, 6.07) is 8.23. The van der Waals surface area contributed by atoms with Crippen LogP contribution < -0.4 is 5.32 Å². The molecule has 2 aromatic rings. The molecule has 1 aromatic heterocycles. The first-order valence-electron chi connectivity index (χ1n) is 5.86. The Hall–Kier alpha value is -1.68. The van der Waals surface area contributed by atoms with E-state index in [4.69, 9.17) is 4.42 Å². The van der Waals surface area contributed by atoms with Crippen molar-refractivity contribution in [3.63, 3.8) is 0 Å². The minimum atomic E-state index is 0.636. The van der Waals surface area contributed by atoms with Crippen molar-refractivity contribution >= 4 is 0 Å². The summed E-state index contributed by atoms with van der Waals surface area (Å²) < 4.78 is 5.56. The third kappa shape index (κ3) is 3.14. The summed E-state index contributed by atoms with van der Waals surface area (Å²) in [6.45, 7) is 5.67. The van der Waals surface area contributed by atoms with E-state index in [1.807, 2.05) is 19.1 Å². The number of aromatic nitrogens is 2. The van der Waals surface area contributed by atoms with Crippen molar-refractivity contribution in [1.82, 2.24) is 15.5 Å². The summed E-state index contributed by atoms with van der Waals surface area (Å²) in [7, 11) is 0. The van der Waals surface area contributed by atoms with E-state index in [1.165, 1.54) is 11.1 Å². The highest BCUT2D eigenvalue weighted by Crippen LogP contribution is 2.12. The number of nitrogens with zero attached hydrogens (tertiary/aromatic N) is 2. The van der Waals surface area contributed by atoms with Crippen LogP contribution in [0.2, 0.25) is 0 Å². The summed E-state index contributed by atoms with van der Waals surface area (Å²) in [5.41, 5.74) is 2.48. The highest BCUT2D eigenvalue weighted by molar-refractivity contribution is 5.27. The monoisotopic (exact) mass is 231 g/mol. The topological polar surface area (TPSA) is 51.0 Å². The van der Waals surface area contributed by atoms with E-state index in [1.54, 1.807) is 0 Å². The molecule has 1 N–H and O–H groups in total. The second kappa shape index (κ2) is 5.59. The minimum absolute atomic E-state index is 0.636. The molecule has 4 heteroatoms. The number of hydrogen-bond donors (Lipinski definition) is 1. The molecule has 4 nitrogen and oxygen atoms in total. The molecule has 90 valence electrons. The lowest BCUT2D eigenvalue weighted by Crippen LogP contribution is -2.11. The molecular formula is C13H17N3O. The molecule has 2 rings (SSSR count). The van der Waals surface area contributed by atoms with Gasteiger partial charge in [0.1, 0.15) is 0 Å². The van der Waals surface area contributed by atoms with Gasteiger partial charge in [0.25, 0.3) is 0 Å². The van der Waals surface area contributed by atoms with Crippen LogP contribution >= 0.6 is 0 Å². The van der Waals surface area contributed by atoms with Gasteiger partial charge in [0.15, 0.2) is 0 Å². The average Bonchev–Trinajstić information content (AvgIpc) is 2.77. The van der Waals surface area contributed by atoms with E-state index in [0.29, 0.717) is 24.7 Å². The third-order valence-electron chi connectivity index (χ3n) is 2.64. The maximum absolute atomic E-state index is 5.56. The van der Waals surface area contributed by atoms with Crippen LogP contribution in [-0.2, 0) is 13.0 Å². The molecule has 0 spiro atoms. The van der Waals surface area contributed by atoms with E-state index in [-0.39, 0.29) is 0 Å². The van der Waals surface area contributed by atoms with Crippen molar-refractivity contribution < 1.29 is 4.42 Å². The summed E-state index contributed by atoms with van der Waals surface area (Å²) in [6.07, 6.45) is 0.700. The van der Waals surface area contributed by atoms with Crippen molar-refractivity contribution in [1.29, 1.82) is 0 Å². The quantitative estimate of drug-likeness (QED) is 0.856. The van der Waals surface area contributed by atoms with Crippen molar-refractivity contribution in [2.75, 3.05) is 6.54 Å². The first-order valence-corrected chi connectivity index (χ1v) is 5.86. The average molecular weight is 231 g/mol. The van der Waals surface area contributed by atoms with E-state index >= 15 is 0 Å². The number of rotatable bonds is 5. The van der Waals surface area contributed by atoms with E-state index in [9.17, 15) is 0 Å². The molecule has 1 aromatic carbocycles. The van der Waals surface area contributed by atoms with Gasteiger partial charge >= 0.3 is 0 Å². The Morgan fingerprint density at radius 1 is 1.18 bits per heavy atom. The molecule has 0 amide bonds. The predicted molar refractivity (Wildman–Crippen MR) is 65.7 cm³/mol. The molecular weight excluding hydrogens is 214 g/mol. The van der Waals surface area contributed by atoms with Crippen molar-refractivity contribution in [2.45, 2.75) is 26.8 Å². The molecule has 0 saturated carbocycles. The summed E-state index contributed by atoms with van der Waals surface area (Å²) in [5.74, 6) is 1.32. The lowest BCUT2D eigenvalue weighted by molar-refractivity contribution is 0.441. The first-order chi connectivity index (χ1) is 8.29. The molecule has 0 aliphatic carbocycles. The summed E-state index contributed by atoms with van der Waals surface area (Å²) >= 11 is 0. The standard InChI is InChI=1S/C13H17N3O/c1-3-14-9-13-16-15-12(17-13)8-11-7-5-4-6-10(11)2/h4-7,14H,3,8-9H2,1-2H3. The lowest BCUT2D eigenvalue weighted by Gasteiger charge is -2.01. The highest BCUT2D eigenvalue weighted by Gasteiger charge is 2.07. The molecule has 1 heterocycles. The second-order valence-electron chi connectivity index (χ2n) is 3.97. The Morgan fingerprint density at radius 3 is 2.71 bits per heavy atom. The minimum Gasteiger partial charge on any atom is -0.424 e. The molecule has 0 fully saturated rings. The Labute approximate surface area is 101 Å². The number of aryl methyl sites for hydroxylation is 1. The van der Waals surface area contributed by atoms with E-state index < -0.39 is 0 Å². The zero-order chi connectivity index (χ0) is 12.1. The van der Waals surface area contributed by atoms with Gasteiger partial charge in [-0.25, -0.2) is 0 Å². The van der Waals surface area contributed by atoms with Gasteiger partial charge in [0, 0.05) is 0 Å². The van der Waals surface area contributed by atoms with Gasteiger partial charge in [0.2, 0.25) is 11.8 Å². The molecule has 0 radical (unpaired) electrons. The van der Waals surface area contributed by atoms with Gasteiger partial charge in [-0.15, -0.1) is 10.2 Å². The molecule has 0 bridgehead atoms. The van der Waals surface area contributed by atoms with Gasteiger partial charge in [-0.05, 0) is 24.6 Å². The fraction of sp³-hybridized carbons (Fsp3) is 0.385. The fourth-order valence-corrected chi connectivity index (χ4v) is 1.63. The Balaban J connectivity index is 2.04. The van der Waals surface area contributed by atoms with Crippen LogP contribution in [-0.4, -0.2) is 16.7 Å². The molecule has 0 aliphatic rings. The zero-order valence-electron chi connectivity index (χ0n) is 10.2. The van der Waals surface area contributed by atoms with E-state index in [0.717, 1.165) is 6.54 Å². The fourth-order valence-electron chi connectivity index (χ4n) is 1.63. The van der Waals surface area contributed by atoms with E-state index in [2.05, 4.69) is 34.6 Å². The second-order valence-corrected chi connectivity index (χ2v) is 3.97. The first kappa shape index (κ1) is 11.8. The maximum Gasteiger partial charge on any atom is 0.230 e. The van der Waals surface area contributed by atoms with Crippen LogP contribution in [0.4, 0.5) is 0 Å². The van der Waals surface area contributed by atoms with Crippen LogP contribution in [0.25, 0.3) is 0 Å². The smallest absolute Gasteiger partial charge is 0.230 e. The number of nitrogens with one attached hydrogen (secondary N) is 1. The van der Waals surface area contributed by atoms with Crippen molar-refractivity contribution in [2.24, 2.45) is 0 Å². The van der Waals surface area contributed by atoms with Gasteiger partial charge in [-0.3, -0.25) is 0 Å². The van der Waals surface area contributed by atoms with Crippen LogP contribution in [0, 0.1) is 6.92 Å². The lowest BCUT2D eigenvalue weighted by atomic mass is 10.1. The molecule has 0 atom stereocenters. The van der Waals surface area contributed by atoms with Gasteiger partial charge < -0.3 is 9.73 Å². The van der Waals surface area contributed by atoms with Gasteiger partial charge in [-0.2, -0.15) is 0 Å². The Kier molecular flexibility index (Phi) is 3.88. The normalized spacial score (nSPS) is 10.7.